The van der Waals surface area contributed by atoms with Crippen LogP contribution in [0.4, 0.5) is 0 Å². The summed E-state index contributed by atoms with van der Waals surface area (Å²) in [5.41, 5.74) is 1.38. The molecular formula is C27H26Cl2N2O7. The number of para-hydroxylation sites is 1. The van der Waals surface area contributed by atoms with Crippen molar-refractivity contribution in [2.45, 2.75) is 41.3 Å². The van der Waals surface area contributed by atoms with E-state index in [1.807, 2.05) is 0 Å². The number of rotatable bonds is 6. The fraction of sp³-hybridized carbons (Fsp3) is 0.444. The lowest BCUT2D eigenvalue weighted by molar-refractivity contribution is -0.143. The maximum Gasteiger partial charge on any atom is 0.305 e. The second-order valence-corrected chi connectivity index (χ2v) is 11.6. The van der Waals surface area contributed by atoms with Crippen LogP contribution in [0.15, 0.2) is 42.5 Å². The predicted octanol–water partition coefficient (Wildman–Crippen LogP) is 2.58. The Hall–Kier alpha value is -3.17. The molecule has 3 fully saturated rings. The largest absolute Gasteiger partial charge is 0.507 e. The number of nitrogens with zero attached hydrogens (tertiary/aromatic N) is 2. The highest BCUT2D eigenvalue weighted by Crippen LogP contribution is 2.66. The minimum absolute atomic E-state index is 0.119. The zero-order chi connectivity index (χ0) is 27.7. The SMILES string of the molecule is C=CCc1cccc([C@H]2C3=CC[C@@H]4C(=O)N(CCC(=O)O)C(=O)[C@@H]4[C@@H]3C[C@@]3(Cl)C(=O)N(C)C(=O)[C@@]23Cl)c1O. The zero-order valence-corrected chi connectivity index (χ0v) is 22.0. The van der Waals surface area contributed by atoms with Crippen molar-refractivity contribution >= 4 is 52.8 Å². The Labute approximate surface area is 228 Å². The Morgan fingerprint density at radius 1 is 1.16 bits per heavy atom. The number of amides is 4. The van der Waals surface area contributed by atoms with Gasteiger partial charge in [-0.05, 0) is 30.7 Å². The zero-order valence-electron chi connectivity index (χ0n) is 20.5. The summed E-state index contributed by atoms with van der Waals surface area (Å²) in [6.07, 6.45) is 3.31. The summed E-state index contributed by atoms with van der Waals surface area (Å²) in [4.78, 5) is 62.7. The molecule has 2 aliphatic carbocycles. The minimum atomic E-state index is -1.99. The normalized spacial score (nSPS) is 34.1. The number of aromatic hydroxyl groups is 1. The second-order valence-electron chi connectivity index (χ2n) is 10.3. The van der Waals surface area contributed by atoms with Gasteiger partial charge in [0.1, 0.15) is 5.75 Å². The molecule has 5 rings (SSSR count). The van der Waals surface area contributed by atoms with Gasteiger partial charge in [-0.2, -0.15) is 0 Å². The van der Waals surface area contributed by atoms with E-state index < -0.39 is 69.4 Å². The summed E-state index contributed by atoms with van der Waals surface area (Å²) in [5, 5.41) is 20.4. The van der Waals surface area contributed by atoms with Crippen LogP contribution >= 0.6 is 23.2 Å². The van der Waals surface area contributed by atoms with Crippen LogP contribution in [0.5, 0.6) is 5.75 Å². The highest BCUT2D eigenvalue weighted by atomic mass is 35.5. The molecule has 2 saturated heterocycles. The molecule has 0 unspecified atom stereocenters. The summed E-state index contributed by atoms with van der Waals surface area (Å²) < 4.78 is 0. The number of halogens is 2. The number of carboxylic acids is 1. The quantitative estimate of drug-likeness (QED) is 0.310. The van der Waals surface area contributed by atoms with E-state index in [0.717, 1.165) is 9.80 Å². The number of aliphatic carboxylic acids is 1. The van der Waals surface area contributed by atoms with E-state index in [9.17, 15) is 29.1 Å². The number of carbonyl (C=O) groups is 5. The van der Waals surface area contributed by atoms with E-state index in [-0.39, 0.29) is 30.7 Å². The van der Waals surface area contributed by atoms with Gasteiger partial charge >= 0.3 is 5.97 Å². The number of alkyl halides is 2. The highest BCUT2D eigenvalue weighted by molar-refractivity contribution is 6.53. The van der Waals surface area contributed by atoms with Crippen LogP contribution in [-0.2, 0) is 30.4 Å². The van der Waals surface area contributed by atoms with Crippen LogP contribution in [0, 0.1) is 17.8 Å². The van der Waals surface area contributed by atoms with Gasteiger partial charge in [0.25, 0.3) is 11.8 Å². The van der Waals surface area contributed by atoms with Crippen molar-refractivity contribution in [1.82, 2.24) is 9.80 Å². The molecule has 0 spiro atoms. The van der Waals surface area contributed by atoms with E-state index >= 15 is 0 Å². The van der Waals surface area contributed by atoms with Crippen LogP contribution in [0.1, 0.15) is 36.3 Å². The number of phenols is 1. The molecule has 1 saturated carbocycles. The van der Waals surface area contributed by atoms with Crippen molar-refractivity contribution in [2.75, 3.05) is 13.6 Å². The number of phenolic OH excluding ortho intramolecular Hbond substituents is 1. The summed E-state index contributed by atoms with van der Waals surface area (Å²) in [5.74, 6) is -7.15. The number of fused-ring (bicyclic) bond motifs is 4. The maximum atomic E-state index is 13.6. The third-order valence-electron chi connectivity index (χ3n) is 8.48. The number of hydrogen-bond donors (Lipinski definition) is 2. The molecule has 2 N–H and O–H groups in total. The molecule has 1 aromatic carbocycles. The van der Waals surface area contributed by atoms with Crippen molar-refractivity contribution in [3.63, 3.8) is 0 Å². The number of hydrogen-bond acceptors (Lipinski definition) is 6. The van der Waals surface area contributed by atoms with E-state index in [1.165, 1.54) is 7.05 Å². The average molecular weight is 561 g/mol. The van der Waals surface area contributed by atoms with Crippen LogP contribution in [0.25, 0.3) is 0 Å². The first-order valence-corrected chi connectivity index (χ1v) is 13.0. The molecular weight excluding hydrogens is 535 g/mol. The smallest absolute Gasteiger partial charge is 0.305 e. The third-order valence-corrected chi connectivity index (χ3v) is 9.89. The van der Waals surface area contributed by atoms with Gasteiger partial charge in [0.2, 0.25) is 11.8 Å². The maximum absolute atomic E-state index is 13.6. The van der Waals surface area contributed by atoms with Crippen molar-refractivity contribution in [3.05, 3.63) is 53.6 Å². The van der Waals surface area contributed by atoms with E-state index in [1.54, 1.807) is 30.4 Å². The van der Waals surface area contributed by atoms with Crippen LogP contribution in [0.3, 0.4) is 0 Å². The molecule has 11 heteroatoms. The van der Waals surface area contributed by atoms with E-state index in [0.29, 0.717) is 17.6 Å². The van der Waals surface area contributed by atoms with Crippen molar-refractivity contribution in [1.29, 1.82) is 0 Å². The predicted molar refractivity (Wildman–Crippen MR) is 136 cm³/mol. The Morgan fingerprint density at radius 3 is 2.53 bits per heavy atom. The molecule has 38 heavy (non-hydrogen) atoms. The van der Waals surface area contributed by atoms with Crippen molar-refractivity contribution in [2.24, 2.45) is 17.8 Å². The van der Waals surface area contributed by atoms with Crippen molar-refractivity contribution in [3.8, 4) is 5.75 Å². The van der Waals surface area contributed by atoms with Gasteiger partial charge in [-0.1, -0.05) is 35.9 Å². The van der Waals surface area contributed by atoms with Crippen LogP contribution in [0.2, 0.25) is 0 Å². The number of allylic oxidation sites excluding steroid dienone is 3. The number of carbonyl (C=O) groups excluding carboxylic acids is 4. The van der Waals surface area contributed by atoms with Gasteiger partial charge in [-0.25, -0.2) is 0 Å². The molecule has 9 nitrogen and oxygen atoms in total. The Bertz CT molecular complexity index is 1340. The fourth-order valence-electron chi connectivity index (χ4n) is 6.75. The number of likely N-dealkylation sites (tertiary alicyclic amines) is 2. The van der Waals surface area contributed by atoms with Gasteiger partial charge in [-0.3, -0.25) is 33.8 Å². The highest BCUT2D eigenvalue weighted by Gasteiger charge is 2.76. The standard InChI is InChI=1S/C27H26Cl2N2O7/c1-3-5-13-6-4-7-16(21(13)34)20-14-8-9-15-19(23(36)31(22(15)35)11-10-18(32)33)17(14)12-26(28)24(37)30(2)25(38)27(20,26)29/h3-4,6-8,15,17,19-20,34H,1,5,9-12H2,2H3,(H,32,33)/t15-,17+,19-,20+,26+,27-/m0/s1. The molecule has 2 heterocycles. The van der Waals surface area contributed by atoms with Gasteiger partial charge in [0.15, 0.2) is 9.75 Å². The first-order chi connectivity index (χ1) is 17.9. The fourth-order valence-corrected chi connectivity index (χ4v) is 7.76. The molecule has 0 radical (unpaired) electrons. The lowest BCUT2D eigenvalue weighted by Crippen LogP contribution is -2.60. The molecule has 6 atom stereocenters. The summed E-state index contributed by atoms with van der Waals surface area (Å²) in [6, 6.07) is 5.01. The summed E-state index contributed by atoms with van der Waals surface area (Å²) in [6.45, 7) is 3.45. The average Bonchev–Trinajstić information content (AvgIpc) is 3.19. The molecule has 1 aromatic rings. The Kier molecular flexibility index (Phi) is 6.23. The Morgan fingerprint density at radius 2 is 1.87 bits per heavy atom. The van der Waals surface area contributed by atoms with Gasteiger partial charge in [0.05, 0.1) is 18.3 Å². The monoisotopic (exact) mass is 560 g/mol. The molecule has 200 valence electrons. The minimum Gasteiger partial charge on any atom is -0.507 e. The first-order valence-electron chi connectivity index (χ1n) is 12.3. The molecule has 2 aliphatic heterocycles. The van der Waals surface area contributed by atoms with E-state index in [2.05, 4.69) is 6.58 Å². The lowest BCUT2D eigenvalue weighted by atomic mass is 9.56. The number of imide groups is 2. The summed E-state index contributed by atoms with van der Waals surface area (Å²) in [7, 11) is 1.29. The van der Waals surface area contributed by atoms with Gasteiger partial charge < -0.3 is 10.2 Å². The lowest BCUT2D eigenvalue weighted by Gasteiger charge is -2.50. The molecule has 4 amide bonds. The number of benzene rings is 1. The second kappa shape index (κ2) is 8.95. The topological polar surface area (TPSA) is 132 Å². The molecule has 0 aromatic heterocycles. The van der Waals surface area contributed by atoms with Gasteiger partial charge in [-0.15, -0.1) is 29.8 Å². The number of carboxylic acid groups (broad SMARTS) is 1. The first kappa shape index (κ1) is 26.4. The Balaban J connectivity index is 1.68. The molecule has 4 aliphatic rings. The van der Waals surface area contributed by atoms with Crippen LogP contribution < -0.4 is 0 Å². The molecule has 0 bridgehead atoms. The van der Waals surface area contributed by atoms with Crippen molar-refractivity contribution < 1.29 is 34.2 Å². The van der Waals surface area contributed by atoms with E-state index in [4.69, 9.17) is 28.3 Å². The third kappa shape index (κ3) is 3.34. The van der Waals surface area contributed by atoms with Crippen LogP contribution in [-0.4, -0.2) is 73.0 Å². The van der Waals surface area contributed by atoms with Gasteiger partial charge in [0, 0.05) is 25.1 Å². The summed E-state index contributed by atoms with van der Waals surface area (Å²) >= 11 is 14.2.